The number of fused-ring (bicyclic) bond motifs is 1. The van der Waals surface area contributed by atoms with Gasteiger partial charge in [-0.2, -0.15) is 0 Å². The molecule has 1 aromatic heterocycles. The van der Waals surface area contributed by atoms with Crippen LogP contribution in [0.25, 0.3) is 6.08 Å². The fourth-order valence-electron chi connectivity index (χ4n) is 3.70. The third-order valence-corrected chi connectivity index (χ3v) is 5.42. The minimum Gasteiger partial charge on any atom is -0.451 e. The second-order valence-electron chi connectivity index (χ2n) is 7.50. The van der Waals surface area contributed by atoms with Gasteiger partial charge in [0.25, 0.3) is 11.8 Å². The van der Waals surface area contributed by atoms with Crippen molar-refractivity contribution in [2.75, 3.05) is 13.1 Å². The van der Waals surface area contributed by atoms with Crippen LogP contribution in [0.4, 0.5) is 0 Å². The third-order valence-electron chi connectivity index (χ3n) is 5.42. The van der Waals surface area contributed by atoms with Gasteiger partial charge in [0.05, 0.1) is 0 Å². The van der Waals surface area contributed by atoms with Gasteiger partial charge in [-0.05, 0) is 80.7 Å². The van der Waals surface area contributed by atoms with Crippen molar-refractivity contribution >= 4 is 17.9 Å². The number of aryl methyl sites for hydroxylation is 1. The minimum atomic E-state index is -0.660. The van der Waals surface area contributed by atoms with Gasteiger partial charge < -0.3 is 15.1 Å². The summed E-state index contributed by atoms with van der Waals surface area (Å²) in [7, 11) is 0. The van der Waals surface area contributed by atoms with E-state index in [2.05, 4.69) is 22.5 Å². The summed E-state index contributed by atoms with van der Waals surface area (Å²) in [5.41, 5.74) is 3.05. The van der Waals surface area contributed by atoms with Gasteiger partial charge >= 0.3 is 0 Å². The number of amides is 2. The molecule has 0 radical (unpaired) electrons. The van der Waals surface area contributed by atoms with Crippen LogP contribution in [0, 0.1) is 11.8 Å². The Hall–Kier alpha value is -3.34. The van der Waals surface area contributed by atoms with Gasteiger partial charge in [-0.25, -0.2) is 5.48 Å². The molecule has 4 N–H and O–H groups in total. The Balaban J connectivity index is 1.54. The van der Waals surface area contributed by atoms with Gasteiger partial charge in [-0.15, -0.1) is 0 Å². The van der Waals surface area contributed by atoms with Gasteiger partial charge in [0.1, 0.15) is 11.3 Å². The number of hydrogen-bond acceptors (Lipinski definition) is 5. The number of rotatable bonds is 3. The van der Waals surface area contributed by atoms with Crippen LogP contribution in [0.5, 0.6) is 0 Å². The largest absolute Gasteiger partial charge is 0.451 e. The molecule has 0 unspecified atom stereocenters. The Kier molecular flexibility index (Phi) is 5.70. The molecule has 0 atom stereocenters. The first-order valence-corrected chi connectivity index (χ1v) is 9.99. The van der Waals surface area contributed by atoms with Crippen LogP contribution in [0.3, 0.4) is 0 Å². The highest BCUT2D eigenvalue weighted by Gasteiger charge is 2.33. The first-order valence-electron chi connectivity index (χ1n) is 9.99. The van der Waals surface area contributed by atoms with E-state index in [-0.39, 0.29) is 5.91 Å². The number of furan rings is 1. The van der Waals surface area contributed by atoms with Crippen molar-refractivity contribution in [1.29, 1.82) is 0 Å². The number of carbonyl (C=O) groups is 2. The van der Waals surface area contributed by atoms with Crippen LogP contribution in [0.2, 0.25) is 0 Å². The van der Waals surface area contributed by atoms with Crippen molar-refractivity contribution in [2.45, 2.75) is 31.2 Å². The summed E-state index contributed by atoms with van der Waals surface area (Å²) in [5, 5.41) is 15.1. The fourth-order valence-corrected chi connectivity index (χ4v) is 3.70. The predicted octanol–water partition coefficient (Wildman–Crippen LogP) is 2.26. The molecule has 2 aromatic rings. The Morgan fingerprint density at radius 3 is 2.60 bits per heavy atom. The van der Waals surface area contributed by atoms with E-state index in [1.165, 1.54) is 0 Å². The summed E-state index contributed by atoms with van der Waals surface area (Å²) in [6.07, 6.45) is 7.14. The van der Waals surface area contributed by atoms with Gasteiger partial charge in [-0.3, -0.25) is 14.8 Å². The molecule has 7 nitrogen and oxygen atoms in total. The molecular formula is C23H23N3O4. The SMILES string of the molecule is O=C(NO)c1ccc(C#CC2(NC(=O)c3cc4c(o3)C=CCC4)CCNCC2)cc1. The second kappa shape index (κ2) is 8.57. The quantitative estimate of drug-likeness (QED) is 0.356. The molecule has 2 aliphatic rings. The number of hydroxylamine groups is 1. The number of piperidine rings is 1. The number of hydrogen-bond donors (Lipinski definition) is 4. The molecule has 1 saturated heterocycles. The van der Waals surface area contributed by atoms with E-state index in [1.54, 1.807) is 29.7 Å². The average Bonchev–Trinajstić information content (AvgIpc) is 3.23. The zero-order chi connectivity index (χ0) is 21.0. The molecule has 2 amide bonds. The Bertz CT molecular complexity index is 1030. The highest BCUT2D eigenvalue weighted by atomic mass is 16.5. The first kappa shape index (κ1) is 20.0. The smallest absolute Gasteiger partial charge is 0.288 e. The highest BCUT2D eigenvalue weighted by Crippen LogP contribution is 2.24. The molecular weight excluding hydrogens is 382 g/mol. The molecule has 1 aliphatic heterocycles. The second-order valence-corrected chi connectivity index (χ2v) is 7.50. The van der Waals surface area contributed by atoms with E-state index in [0.29, 0.717) is 24.2 Å². The monoisotopic (exact) mass is 405 g/mol. The zero-order valence-corrected chi connectivity index (χ0v) is 16.5. The molecule has 154 valence electrons. The molecule has 0 spiro atoms. The van der Waals surface area contributed by atoms with Crippen molar-refractivity contribution in [2.24, 2.45) is 0 Å². The average molecular weight is 405 g/mol. The van der Waals surface area contributed by atoms with Gasteiger partial charge in [-0.1, -0.05) is 17.9 Å². The lowest BCUT2D eigenvalue weighted by Gasteiger charge is -2.33. The molecule has 1 aromatic carbocycles. The number of nitrogens with one attached hydrogen (secondary N) is 3. The molecule has 1 aliphatic carbocycles. The van der Waals surface area contributed by atoms with Crippen molar-refractivity contribution in [3.63, 3.8) is 0 Å². The van der Waals surface area contributed by atoms with Crippen molar-refractivity contribution in [3.05, 3.63) is 64.6 Å². The van der Waals surface area contributed by atoms with Crippen LogP contribution in [-0.2, 0) is 6.42 Å². The van der Waals surface area contributed by atoms with Gasteiger partial charge in [0, 0.05) is 11.1 Å². The zero-order valence-electron chi connectivity index (χ0n) is 16.5. The first-order chi connectivity index (χ1) is 14.6. The predicted molar refractivity (Wildman–Crippen MR) is 111 cm³/mol. The molecule has 7 heteroatoms. The van der Waals surface area contributed by atoms with Gasteiger partial charge in [0.2, 0.25) is 0 Å². The summed E-state index contributed by atoms with van der Waals surface area (Å²) in [4.78, 5) is 24.4. The maximum atomic E-state index is 12.9. The van der Waals surface area contributed by atoms with E-state index in [1.807, 2.05) is 18.2 Å². The molecule has 0 bridgehead atoms. The summed E-state index contributed by atoms with van der Waals surface area (Å²) >= 11 is 0. The Labute approximate surface area is 174 Å². The molecule has 2 heterocycles. The van der Waals surface area contributed by atoms with Crippen LogP contribution >= 0.6 is 0 Å². The highest BCUT2D eigenvalue weighted by molar-refractivity contribution is 5.93. The Morgan fingerprint density at radius 1 is 1.13 bits per heavy atom. The van der Waals surface area contributed by atoms with Crippen molar-refractivity contribution in [3.8, 4) is 11.8 Å². The topological polar surface area (TPSA) is 104 Å². The minimum absolute atomic E-state index is 0.260. The summed E-state index contributed by atoms with van der Waals surface area (Å²) in [5.74, 6) is 6.59. The molecule has 1 fully saturated rings. The van der Waals surface area contributed by atoms with Crippen molar-refractivity contribution in [1.82, 2.24) is 16.1 Å². The maximum Gasteiger partial charge on any atom is 0.288 e. The lowest BCUT2D eigenvalue weighted by Crippen LogP contribution is -2.53. The number of allylic oxidation sites excluding steroid dienone is 1. The van der Waals surface area contributed by atoms with Crippen LogP contribution in [-0.4, -0.2) is 35.7 Å². The lowest BCUT2D eigenvalue weighted by molar-refractivity contribution is 0.0706. The fraction of sp³-hybridized carbons (Fsp3) is 0.304. The third kappa shape index (κ3) is 4.30. The van der Waals surface area contributed by atoms with E-state index in [4.69, 9.17) is 9.62 Å². The molecule has 30 heavy (non-hydrogen) atoms. The Morgan fingerprint density at radius 2 is 1.90 bits per heavy atom. The number of carbonyl (C=O) groups excluding carboxylic acids is 2. The number of benzene rings is 1. The van der Waals surface area contributed by atoms with E-state index >= 15 is 0 Å². The standard InChI is InChI=1S/C23H23N3O4/c27-21(26-29)17-7-5-16(6-8-17)9-10-23(11-13-24-14-12-23)25-22(28)20-15-18-3-1-2-4-19(18)30-20/h2,4-8,15,24,29H,1,3,11-14H2,(H,25,28)(H,26,27). The molecule has 4 rings (SSSR count). The van der Waals surface area contributed by atoms with Gasteiger partial charge in [0.15, 0.2) is 5.76 Å². The van der Waals surface area contributed by atoms with E-state index in [9.17, 15) is 9.59 Å². The van der Waals surface area contributed by atoms with Crippen LogP contribution < -0.4 is 16.1 Å². The summed E-state index contributed by atoms with van der Waals surface area (Å²) in [6, 6.07) is 8.41. The van der Waals surface area contributed by atoms with E-state index < -0.39 is 11.4 Å². The van der Waals surface area contributed by atoms with E-state index in [0.717, 1.165) is 42.8 Å². The normalized spacial score (nSPS) is 16.7. The summed E-state index contributed by atoms with van der Waals surface area (Å²) < 4.78 is 5.74. The lowest BCUT2D eigenvalue weighted by atomic mass is 9.88. The van der Waals surface area contributed by atoms with Crippen molar-refractivity contribution < 1.29 is 19.2 Å². The van der Waals surface area contributed by atoms with Crippen LogP contribution in [0.15, 0.2) is 40.8 Å². The van der Waals surface area contributed by atoms with Crippen LogP contribution in [0.1, 0.15) is 57.1 Å². The maximum absolute atomic E-state index is 12.9. The summed E-state index contributed by atoms with van der Waals surface area (Å²) in [6.45, 7) is 1.50. The molecule has 0 saturated carbocycles.